The van der Waals surface area contributed by atoms with Crippen molar-refractivity contribution >= 4 is 60.8 Å². The minimum atomic E-state index is -0.135. The number of aromatic nitrogens is 1. The van der Waals surface area contributed by atoms with Gasteiger partial charge in [-0.15, -0.1) is 0 Å². The zero-order chi connectivity index (χ0) is 38.7. The summed E-state index contributed by atoms with van der Waals surface area (Å²) in [6.45, 7) is 18.6. The van der Waals surface area contributed by atoms with Crippen LogP contribution in [-0.4, -0.2) is 4.57 Å². The zero-order valence-corrected chi connectivity index (χ0v) is 33.7. The molecule has 3 heteroatoms. The number of anilines is 3. The molecule has 1 aliphatic carbocycles. The number of hydrogen-bond acceptors (Lipinski definition) is 2. The van der Waals surface area contributed by atoms with Gasteiger partial charge < -0.3 is 13.9 Å². The van der Waals surface area contributed by atoms with Crippen LogP contribution >= 0.6 is 0 Å². The zero-order valence-electron chi connectivity index (χ0n) is 33.7. The molecule has 276 valence electrons. The molecule has 56 heavy (non-hydrogen) atoms. The molecule has 0 fully saturated rings. The molecule has 2 aromatic heterocycles. The van der Waals surface area contributed by atoms with Gasteiger partial charge in [-0.3, -0.25) is 0 Å². The van der Waals surface area contributed by atoms with Gasteiger partial charge >= 0.3 is 0 Å². The molecule has 0 unspecified atom stereocenters. The highest BCUT2D eigenvalue weighted by Crippen LogP contribution is 2.52. The van der Waals surface area contributed by atoms with E-state index in [1.54, 1.807) is 0 Å². The highest BCUT2D eigenvalue weighted by atomic mass is 16.3. The third-order valence-electron chi connectivity index (χ3n) is 12.3. The van der Waals surface area contributed by atoms with Crippen LogP contribution in [0.2, 0.25) is 0 Å². The van der Waals surface area contributed by atoms with Crippen molar-refractivity contribution in [2.45, 2.75) is 71.6 Å². The van der Waals surface area contributed by atoms with E-state index in [9.17, 15) is 0 Å². The fraction of sp³-hybridized carbons (Fsp3) is 0.208. The van der Waals surface area contributed by atoms with E-state index in [0.29, 0.717) is 0 Å². The molecule has 2 heterocycles. The van der Waals surface area contributed by atoms with Crippen LogP contribution in [0.4, 0.5) is 17.1 Å². The average Bonchev–Trinajstić information content (AvgIpc) is 3.80. The molecule has 10 rings (SSSR count). The standard InChI is InChI=1S/C53H48N2O/c1-51(2,3)33-28-34(52(4,5)6)30-37(29-33)55-46-21-13-10-17-40(46)43-31-35(25-27-47(43)55)54(48-22-15-19-42-41-18-11-14-23-49(41)56-50(42)48)36-24-26-39-38-16-9-12-20-44(38)53(7,8)45(39)32-36/h9-32H,1-8H3. The van der Waals surface area contributed by atoms with Crippen molar-refractivity contribution in [3.8, 4) is 16.8 Å². The lowest BCUT2D eigenvalue weighted by molar-refractivity contribution is 0.568. The molecule has 0 radical (unpaired) electrons. The Hall–Kier alpha value is -6.06. The third-order valence-corrected chi connectivity index (χ3v) is 12.3. The lowest BCUT2D eigenvalue weighted by Crippen LogP contribution is -2.17. The molecule has 1 aliphatic rings. The van der Waals surface area contributed by atoms with Crippen molar-refractivity contribution in [2.75, 3.05) is 4.90 Å². The molecule has 7 aromatic carbocycles. The molecule has 0 bridgehead atoms. The number of hydrogen-bond donors (Lipinski definition) is 0. The first-order chi connectivity index (χ1) is 26.8. The van der Waals surface area contributed by atoms with Crippen molar-refractivity contribution in [2.24, 2.45) is 0 Å². The first-order valence-corrected chi connectivity index (χ1v) is 19.9. The van der Waals surface area contributed by atoms with Gasteiger partial charge in [-0.25, -0.2) is 0 Å². The highest BCUT2D eigenvalue weighted by molar-refractivity contribution is 6.13. The number of nitrogens with zero attached hydrogens (tertiary/aromatic N) is 2. The van der Waals surface area contributed by atoms with E-state index in [2.05, 4.69) is 204 Å². The maximum atomic E-state index is 6.74. The molecule has 0 N–H and O–H groups in total. The van der Waals surface area contributed by atoms with E-state index in [1.165, 1.54) is 60.9 Å². The minimum absolute atomic E-state index is 0.00586. The second-order valence-electron chi connectivity index (χ2n) is 18.3. The summed E-state index contributed by atoms with van der Waals surface area (Å²) in [5, 5.41) is 4.69. The van der Waals surface area contributed by atoms with Gasteiger partial charge in [0.15, 0.2) is 5.58 Å². The normalized spacial score (nSPS) is 13.9. The summed E-state index contributed by atoms with van der Waals surface area (Å²) >= 11 is 0. The van der Waals surface area contributed by atoms with Crippen LogP contribution in [0, 0.1) is 0 Å². The Morgan fingerprint density at radius 2 is 1.11 bits per heavy atom. The van der Waals surface area contributed by atoms with Crippen LogP contribution in [0.3, 0.4) is 0 Å². The maximum Gasteiger partial charge on any atom is 0.159 e. The molecular weight excluding hydrogens is 681 g/mol. The second kappa shape index (κ2) is 12.0. The fourth-order valence-electron chi connectivity index (χ4n) is 9.15. The van der Waals surface area contributed by atoms with E-state index < -0.39 is 0 Å². The predicted molar refractivity (Wildman–Crippen MR) is 238 cm³/mol. The summed E-state index contributed by atoms with van der Waals surface area (Å²) in [5.41, 5.74) is 16.5. The highest BCUT2D eigenvalue weighted by Gasteiger charge is 2.36. The summed E-state index contributed by atoms with van der Waals surface area (Å²) in [7, 11) is 0. The first-order valence-electron chi connectivity index (χ1n) is 19.9. The minimum Gasteiger partial charge on any atom is -0.454 e. The summed E-state index contributed by atoms with van der Waals surface area (Å²) in [6, 6.07) is 53.9. The topological polar surface area (TPSA) is 21.3 Å². The van der Waals surface area contributed by atoms with Crippen molar-refractivity contribution in [1.82, 2.24) is 4.57 Å². The molecule has 0 saturated heterocycles. The number of para-hydroxylation sites is 3. The summed E-state index contributed by atoms with van der Waals surface area (Å²) in [5.74, 6) is 0. The fourth-order valence-corrected chi connectivity index (χ4v) is 9.15. The van der Waals surface area contributed by atoms with Crippen LogP contribution < -0.4 is 4.90 Å². The quantitative estimate of drug-likeness (QED) is 0.180. The van der Waals surface area contributed by atoms with Crippen molar-refractivity contribution < 1.29 is 4.42 Å². The SMILES string of the molecule is CC(C)(C)c1cc(-n2c3ccccc3c3cc(N(c4ccc5c(c4)C(C)(C)c4ccccc4-5)c4cccc5c4oc4ccccc45)ccc32)cc(C(C)(C)C)c1. The Morgan fingerprint density at radius 1 is 0.500 bits per heavy atom. The second-order valence-corrected chi connectivity index (χ2v) is 18.3. The summed E-state index contributed by atoms with van der Waals surface area (Å²) in [6.07, 6.45) is 0. The summed E-state index contributed by atoms with van der Waals surface area (Å²) < 4.78 is 9.21. The Kier molecular flexibility index (Phi) is 7.36. The molecule has 0 saturated carbocycles. The van der Waals surface area contributed by atoms with Gasteiger partial charge in [0.25, 0.3) is 0 Å². The van der Waals surface area contributed by atoms with Crippen LogP contribution in [0.15, 0.2) is 150 Å². The van der Waals surface area contributed by atoms with Gasteiger partial charge in [-0.2, -0.15) is 0 Å². The van der Waals surface area contributed by atoms with Gasteiger partial charge in [0.2, 0.25) is 0 Å². The number of fused-ring (bicyclic) bond motifs is 9. The molecular formula is C53H48N2O. The van der Waals surface area contributed by atoms with Gasteiger partial charge in [0.05, 0.1) is 16.7 Å². The Bertz CT molecular complexity index is 3000. The third kappa shape index (κ3) is 5.17. The predicted octanol–water partition coefficient (Wildman–Crippen LogP) is 15.1. The van der Waals surface area contributed by atoms with Crippen LogP contribution in [0.5, 0.6) is 0 Å². The Balaban J connectivity index is 1.24. The molecule has 0 aliphatic heterocycles. The monoisotopic (exact) mass is 728 g/mol. The Labute approximate surface area is 329 Å². The van der Waals surface area contributed by atoms with E-state index in [-0.39, 0.29) is 16.2 Å². The lowest BCUT2D eigenvalue weighted by Gasteiger charge is -2.28. The van der Waals surface area contributed by atoms with Crippen molar-refractivity contribution in [3.05, 3.63) is 168 Å². The molecule has 0 spiro atoms. The average molecular weight is 729 g/mol. The van der Waals surface area contributed by atoms with Gasteiger partial charge in [0.1, 0.15) is 5.58 Å². The van der Waals surface area contributed by atoms with E-state index in [0.717, 1.165) is 39.0 Å². The molecule has 0 atom stereocenters. The van der Waals surface area contributed by atoms with Gasteiger partial charge in [0, 0.05) is 44.0 Å². The molecule has 3 nitrogen and oxygen atoms in total. The molecule has 9 aromatic rings. The van der Waals surface area contributed by atoms with Crippen molar-refractivity contribution in [3.63, 3.8) is 0 Å². The van der Waals surface area contributed by atoms with E-state index in [1.807, 2.05) is 6.07 Å². The molecule has 0 amide bonds. The largest absolute Gasteiger partial charge is 0.454 e. The first kappa shape index (κ1) is 34.4. The Morgan fingerprint density at radius 3 is 1.88 bits per heavy atom. The van der Waals surface area contributed by atoms with Crippen molar-refractivity contribution in [1.29, 1.82) is 0 Å². The number of benzene rings is 7. The van der Waals surface area contributed by atoms with Gasteiger partial charge in [-0.1, -0.05) is 140 Å². The smallest absolute Gasteiger partial charge is 0.159 e. The lowest BCUT2D eigenvalue weighted by atomic mass is 9.80. The van der Waals surface area contributed by atoms with Crippen LogP contribution in [0.1, 0.15) is 77.6 Å². The van der Waals surface area contributed by atoms with Crippen LogP contribution in [0.25, 0.3) is 60.6 Å². The number of rotatable bonds is 4. The number of furan rings is 1. The summed E-state index contributed by atoms with van der Waals surface area (Å²) in [4.78, 5) is 2.41. The van der Waals surface area contributed by atoms with Gasteiger partial charge in [-0.05, 0) is 105 Å². The van der Waals surface area contributed by atoms with E-state index in [4.69, 9.17) is 4.42 Å². The van der Waals surface area contributed by atoms with Crippen LogP contribution in [-0.2, 0) is 16.2 Å². The van der Waals surface area contributed by atoms with E-state index >= 15 is 0 Å². The maximum absolute atomic E-state index is 6.74.